The molecule has 0 aliphatic heterocycles. The molecule has 0 aliphatic rings. The number of nitro groups is 1. The molecule has 0 saturated carbocycles. The van der Waals surface area contributed by atoms with Crippen LogP contribution in [0.25, 0.3) is 0 Å². The van der Waals surface area contributed by atoms with Crippen LogP contribution in [0.4, 0.5) is 11.5 Å². The zero-order valence-electron chi connectivity index (χ0n) is 8.99. The first-order chi connectivity index (χ1) is 7.57. The lowest BCUT2D eigenvalue weighted by Crippen LogP contribution is -2.10. The van der Waals surface area contributed by atoms with Crippen LogP contribution < -0.4 is 5.32 Å². The summed E-state index contributed by atoms with van der Waals surface area (Å²) >= 11 is 3.28. The molecule has 1 heterocycles. The number of aromatic nitrogens is 1. The van der Waals surface area contributed by atoms with Gasteiger partial charge in [-0.25, -0.2) is 4.98 Å². The van der Waals surface area contributed by atoms with Crippen molar-refractivity contribution in [1.29, 1.82) is 0 Å². The van der Waals surface area contributed by atoms with Gasteiger partial charge in [-0.15, -0.1) is 0 Å². The van der Waals surface area contributed by atoms with Gasteiger partial charge in [0.05, 0.1) is 16.0 Å². The van der Waals surface area contributed by atoms with Crippen molar-refractivity contribution >= 4 is 27.4 Å². The van der Waals surface area contributed by atoms with Gasteiger partial charge in [-0.2, -0.15) is 0 Å². The Morgan fingerprint density at radius 3 is 2.94 bits per heavy atom. The Labute approximate surface area is 101 Å². The zero-order chi connectivity index (χ0) is 12.1. The molecule has 0 spiro atoms. The lowest BCUT2D eigenvalue weighted by atomic mass is 10.2. The van der Waals surface area contributed by atoms with Gasteiger partial charge in [0.1, 0.15) is 12.0 Å². The number of pyridine rings is 1. The third kappa shape index (κ3) is 2.89. The summed E-state index contributed by atoms with van der Waals surface area (Å²) in [6.45, 7) is 2.81. The number of nitrogens with one attached hydrogen (secondary N) is 1. The number of methoxy groups -OCH3 is 1. The second-order valence-corrected chi connectivity index (χ2v) is 3.90. The highest BCUT2D eigenvalue weighted by atomic mass is 79.9. The van der Waals surface area contributed by atoms with E-state index in [4.69, 9.17) is 4.74 Å². The molecule has 0 unspecified atom stereocenters. The molecule has 0 bridgehead atoms. The molecule has 0 atom stereocenters. The number of ether oxygens (including phenoxy) is 1. The number of nitrogens with zero attached hydrogens (tertiary/aromatic N) is 2. The Morgan fingerprint density at radius 1 is 1.69 bits per heavy atom. The first-order valence-corrected chi connectivity index (χ1v) is 5.39. The van der Waals surface area contributed by atoms with Crippen LogP contribution >= 0.6 is 15.9 Å². The van der Waals surface area contributed by atoms with Crippen LogP contribution in [0.1, 0.15) is 5.56 Å². The van der Waals surface area contributed by atoms with Gasteiger partial charge in [-0.05, 0) is 22.9 Å². The third-order valence-electron chi connectivity index (χ3n) is 2.03. The lowest BCUT2D eigenvalue weighted by Gasteiger charge is -2.08. The van der Waals surface area contributed by atoms with Crippen LogP contribution in [-0.4, -0.2) is 30.2 Å². The van der Waals surface area contributed by atoms with Gasteiger partial charge >= 0.3 is 0 Å². The number of rotatable bonds is 5. The largest absolute Gasteiger partial charge is 0.383 e. The van der Waals surface area contributed by atoms with Gasteiger partial charge in [0.15, 0.2) is 0 Å². The second kappa shape index (κ2) is 5.76. The Hall–Kier alpha value is -1.21. The highest BCUT2D eigenvalue weighted by Gasteiger charge is 2.16. The topological polar surface area (TPSA) is 77.3 Å². The Morgan fingerprint density at radius 2 is 2.38 bits per heavy atom. The van der Waals surface area contributed by atoms with E-state index < -0.39 is 4.92 Å². The van der Waals surface area contributed by atoms with E-state index in [0.717, 1.165) is 0 Å². The van der Waals surface area contributed by atoms with Gasteiger partial charge in [-0.1, -0.05) is 0 Å². The summed E-state index contributed by atoms with van der Waals surface area (Å²) < 4.78 is 5.49. The van der Waals surface area contributed by atoms with Gasteiger partial charge in [0.2, 0.25) is 0 Å². The highest BCUT2D eigenvalue weighted by molar-refractivity contribution is 9.10. The van der Waals surface area contributed by atoms with E-state index in [2.05, 4.69) is 26.2 Å². The van der Waals surface area contributed by atoms with Crippen molar-refractivity contribution in [3.63, 3.8) is 0 Å². The molecule has 0 aliphatic carbocycles. The van der Waals surface area contributed by atoms with Crippen LogP contribution in [0.3, 0.4) is 0 Å². The minimum atomic E-state index is -0.452. The molecule has 1 N–H and O–H groups in total. The summed E-state index contributed by atoms with van der Waals surface area (Å²) in [5, 5.41) is 13.7. The zero-order valence-corrected chi connectivity index (χ0v) is 10.6. The molecule has 0 amide bonds. The fourth-order valence-corrected chi connectivity index (χ4v) is 1.59. The van der Waals surface area contributed by atoms with Crippen molar-refractivity contribution < 1.29 is 9.66 Å². The molecule has 1 rings (SSSR count). The van der Waals surface area contributed by atoms with Gasteiger partial charge < -0.3 is 10.1 Å². The van der Waals surface area contributed by atoms with E-state index in [1.54, 1.807) is 14.0 Å². The fourth-order valence-electron chi connectivity index (χ4n) is 1.15. The Balaban J connectivity index is 2.89. The van der Waals surface area contributed by atoms with Crippen LogP contribution in [0.5, 0.6) is 0 Å². The molecule has 0 fully saturated rings. The number of hydrogen-bond acceptors (Lipinski definition) is 5. The summed E-state index contributed by atoms with van der Waals surface area (Å²) in [7, 11) is 1.60. The average Bonchev–Trinajstić information content (AvgIpc) is 2.24. The lowest BCUT2D eigenvalue weighted by molar-refractivity contribution is -0.385. The van der Waals surface area contributed by atoms with E-state index in [9.17, 15) is 10.1 Å². The molecule has 7 heteroatoms. The number of anilines is 1. The maximum atomic E-state index is 10.6. The number of halogens is 1. The Kier molecular flexibility index (Phi) is 4.63. The molecule has 88 valence electrons. The molecule has 0 saturated heterocycles. The molecule has 1 aromatic rings. The molecule has 0 aromatic carbocycles. The minimum absolute atomic E-state index is 0.00386. The molecule has 1 aromatic heterocycles. The minimum Gasteiger partial charge on any atom is -0.383 e. The maximum Gasteiger partial charge on any atom is 0.291 e. The van der Waals surface area contributed by atoms with Crippen LogP contribution in [0.15, 0.2) is 10.7 Å². The van der Waals surface area contributed by atoms with E-state index in [1.807, 2.05) is 0 Å². The standard InChI is InChI=1S/C9H12BrN3O3/c1-6-7(13(14)15)5-12-9(8(6)10)11-3-4-16-2/h5H,3-4H2,1-2H3,(H,11,12). The van der Waals surface area contributed by atoms with Gasteiger partial charge in [0.25, 0.3) is 5.69 Å². The van der Waals surface area contributed by atoms with E-state index in [-0.39, 0.29) is 5.69 Å². The monoisotopic (exact) mass is 289 g/mol. The molecule has 0 radical (unpaired) electrons. The molecule has 6 nitrogen and oxygen atoms in total. The fraction of sp³-hybridized carbons (Fsp3) is 0.444. The Bertz CT molecular complexity index is 398. The SMILES string of the molecule is COCCNc1ncc([N+](=O)[O-])c(C)c1Br. The summed E-state index contributed by atoms with van der Waals surface area (Å²) in [6.07, 6.45) is 1.25. The quantitative estimate of drug-likeness (QED) is 0.510. The van der Waals surface area contributed by atoms with Crippen LogP contribution in [0.2, 0.25) is 0 Å². The third-order valence-corrected chi connectivity index (χ3v) is 3.00. The highest BCUT2D eigenvalue weighted by Crippen LogP contribution is 2.30. The van der Waals surface area contributed by atoms with Crippen molar-refractivity contribution in [2.24, 2.45) is 0 Å². The van der Waals surface area contributed by atoms with Crippen molar-refractivity contribution in [2.45, 2.75) is 6.92 Å². The van der Waals surface area contributed by atoms with Crippen molar-refractivity contribution in [1.82, 2.24) is 4.98 Å². The number of hydrogen-bond donors (Lipinski definition) is 1. The first-order valence-electron chi connectivity index (χ1n) is 4.60. The molecular weight excluding hydrogens is 278 g/mol. The van der Waals surface area contributed by atoms with Gasteiger partial charge in [0, 0.05) is 19.2 Å². The summed E-state index contributed by atoms with van der Waals surface area (Å²) in [4.78, 5) is 14.2. The van der Waals surface area contributed by atoms with Crippen molar-refractivity contribution in [3.05, 3.63) is 26.3 Å². The second-order valence-electron chi connectivity index (χ2n) is 3.11. The predicted molar refractivity (Wildman–Crippen MR) is 63.7 cm³/mol. The average molecular weight is 290 g/mol. The summed E-state index contributed by atoms with van der Waals surface area (Å²) in [5.74, 6) is 0.583. The summed E-state index contributed by atoms with van der Waals surface area (Å²) in [5.41, 5.74) is 0.559. The van der Waals surface area contributed by atoms with Gasteiger partial charge in [-0.3, -0.25) is 10.1 Å². The first kappa shape index (κ1) is 12.9. The van der Waals surface area contributed by atoms with Crippen LogP contribution in [0, 0.1) is 17.0 Å². The van der Waals surface area contributed by atoms with E-state index in [0.29, 0.717) is 29.0 Å². The predicted octanol–water partition coefficient (Wildman–Crippen LogP) is 2.12. The van der Waals surface area contributed by atoms with Crippen molar-refractivity contribution in [2.75, 3.05) is 25.6 Å². The van der Waals surface area contributed by atoms with E-state index in [1.165, 1.54) is 6.20 Å². The molecule has 16 heavy (non-hydrogen) atoms. The van der Waals surface area contributed by atoms with Crippen LogP contribution in [-0.2, 0) is 4.74 Å². The van der Waals surface area contributed by atoms with E-state index >= 15 is 0 Å². The molecular formula is C9H12BrN3O3. The van der Waals surface area contributed by atoms with Crippen molar-refractivity contribution in [3.8, 4) is 0 Å². The smallest absolute Gasteiger partial charge is 0.291 e. The maximum absolute atomic E-state index is 10.6. The summed E-state index contributed by atoms with van der Waals surface area (Å²) in [6, 6.07) is 0. The normalized spacial score (nSPS) is 10.2.